The molecule has 2 rings (SSSR count). The summed E-state index contributed by atoms with van der Waals surface area (Å²) in [5.41, 5.74) is -1.59. The van der Waals surface area contributed by atoms with Crippen LogP contribution < -0.4 is 5.32 Å². The van der Waals surface area contributed by atoms with Crippen LogP contribution in [-0.4, -0.2) is 34.7 Å². The van der Waals surface area contributed by atoms with Crippen molar-refractivity contribution in [2.45, 2.75) is 31.3 Å². The topological polar surface area (TPSA) is 49.3 Å². The molecular weight excluding hydrogens is 313 g/mol. The summed E-state index contributed by atoms with van der Waals surface area (Å²) in [6.07, 6.45) is 0.660. The van der Waals surface area contributed by atoms with E-state index in [0.29, 0.717) is 17.2 Å². The Morgan fingerprint density at radius 3 is 2.86 bits per heavy atom. The number of carbonyl (C=O) groups excluding carboxylic acids is 1. The van der Waals surface area contributed by atoms with Gasteiger partial charge < -0.3 is 10.4 Å². The first-order valence-corrected chi connectivity index (χ1v) is 8.32. The Kier molecular flexibility index (Phi) is 4.85. The van der Waals surface area contributed by atoms with Crippen LogP contribution in [-0.2, 0) is 10.2 Å². The molecule has 116 valence electrons. The summed E-state index contributed by atoms with van der Waals surface area (Å²) < 4.78 is 14.0. The fourth-order valence-electron chi connectivity index (χ4n) is 2.32. The van der Waals surface area contributed by atoms with Crippen LogP contribution in [0.25, 0.3) is 0 Å². The van der Waals surface area contributed by atoms with Gasteiger partial charge in [-0.1, -0.05) is 17.7 Å². The Morgan fingerprint density at radius 2 is 2.29 bits per heavy atom. The second kappa shape index (κ2) is 6.15. The van der Waals surface area contributed by atoms with E-state index in [1.807, 2.05) is 0 Å². The van der Waals surface area contributed by atoms with Crippen molar-refractivity contribution >= 4 is 29.3 Å². The molecule has 1 fully saturated rings. The molecule has 6 heteroatoms. The molecule has 2 N–H and O–H groups in total. The summed E-state index contributed by atoms with van der Waals surface area (Å²) in [5.74, 6) is 0.691. The van der Waals surface area contributed by atoms with Gasteiger partial charge in [-0.3, -0.25) is 4.79 Å². The van der Waals surface area contributed by atoms with Crippen LogP contribution in [0.1, 0.15) is 25.8 Å². The van der Waals surface area contributed by atoms with Gasteiger partial charge in [-0.05, 0) is 38.2 Å². The molecule has 1 aliphatic rings. The molecule has 0 aliphatic carbocycles. The number of thioether (sulfide) groups is 1. The molecule has 0 saturated carbocycles. The first-order valence-electron chi connectivity index (χ1n) is 6.79. The minimum absolute atomic E-state index is 0.192. The van der Waals surface area contributed by atoms with Crippen LogP contribution in [0, 0.1) is 5.82 Å². The Morgan fingerprint density at radius 1 is 1.57 bits per heavy atom. The van der Waals surface area contributed by atoms with Gasteiger partial charge in [0.25, 0.3) is 0 Å². The lowest BCUT2D eigenvalue weighted by atomic mass is 9.83. The van der Waals surface area contributed by atoms with Gasteiger partial charge in [-0.25, -0.2) is 4.39 Å². The molecular formula is C15H19ClFNO2S. The van der Waals surface area contributed by atoms with Gasteiger partial charge in [0.15, 0.2) is 0 Å². The van der Waals surface area contributed by atoms with Crippen LogP contribution in [0.3, 0.4) is 0 Å². The quantitative estimate of drug-likeness (QED) is 0.892. The highest BCUT2D eigenvalue weighted by molar-refractivity contribution is 7.99. The normalized spacial score (nSPS) is 22.3. The summed E-state index contributed by atoms with van der Waals surface area (Å²) >= 11 is 7.40. The Bertz CT molecular complexity index is 544. The van der Waals surface area contributed by atoms with E-state index in [1.54, 1.807) is 31.7 Å². The van der Waals surface area contributed by atoms with Crippen LogP contribution in [0.4, 0.5) is 4.39 Å². The predicted molar refractivity (Wildman–Crippen MR) is 84.3 cm³/mol. The molecule has 0 unspecified atom stereocenters. The van der Waals surface area contributed by atoms with Gasteiger partial charge in [-0.15, -0.1) is 0 Å². The SMILES string of the molecule is CC(C)(C(=O)NC[C@@]1(O)CCSC1)c1ccc(Cl)cc1F. The second-order valence-electron chi connectivity index (χ2n) is 5.96. The molecule has 1 aliphatic heterocycles. The molecule has 0 radical (unpaired) electrons. The van der Waals surface area contributed by atoms with E-state index in [0.717, 1.165) is 5.75 Å². The van der Waals surface area contributed by atoms with Crippen molar-refractivity contribution in [3.05, 3.63) is 34.6 Å². The molecule has 21 heavy (non-hydrogen) atoms. The maximum Gasteiger partial charge on any atom is 0.230 e. The minimum atomic E-state index is -1.03. The lowest BCUT2D eigenvalue weighted by Crippen LogP contribution is -2.48. The van der Waals surface area contributed by atoms with Crippen LogP contribution >= 0.6 is 23.4 Å². The summed E-state index contributed by atoms with van der Waals surface area (Å²) in [7, 11) is 0. The maximum absolute atomic E-state index is 14.0. The standard InChI is InChI=1S/C15H19ClFNO2S/c1-14(2,11-4-3-10(16)7-12(11)17)13(19)18-8-15(20)5-6-21-9-15/h3-4,7,20H,5-6,8-9H2,1-2H3,(H,18,19)/t15-/m0/s1. The molecule has 1 aromatic rings. The van der Waals surface area contributed by atoms with Crippen molar-refractivity contribution < 1.29 is 14.3 Å². The highest BCUT2D eigenvalue weighted by Crippen LogP contribution is 2.30. The second-order valence-corrected chi connectivity index (χ2v) is 7.50. The Hall–Kier alpha value is -0.780. The van der Waals surface area contributed by atoms with Crippen molar-refractivity contribution in [1.82, 2.24) is 5.32 Å². The maximum atomic E-state index is 14.0. The lowest BCUT2D eigenvalue weighted by molar-refractivity contribution is -0.126. The molecule has 0 aromatic heterocycles. The fourth-order valence-corrected chi connectivity index (χ4v) is 3.77. The average molecular weight is 332 g/mol. The Balaban J connectivity index is 2.09. The van der Waals surface area contributed by atoms with Gasteiger partial charge >= 0.3 is 0 Å². The first-order chi connectivity index (χ1) is 9.74. The van der Waals surface area contributed by atoms with Crippen molar-refractivity contribution in [1.29, 1.82) is 0 Å². The van der Waals surface area contributed by atoms with E-state index < -0.39 is 16.8 Å². The number of aliphatic hydroxyl groups is 1. The van der Waals surface area contributed by atoms with Crippen molar-refractivity contribution in [3.63, 3.8) is 0 Å². The van der Waals surface area contributed by atoms with E-state index in [1.165, 1.54) is 12.1 Å². The minimum Gasteiger partial charge on any atom is -0.387 e. The van der Waals surface area contributed by atoms with E-state index in [9.17, 15) is 14.3 Å². The number of hydrogen-bond donors (Lipinski definition) is 2. The zero-order chi connectivity index (χ0) is 15.7. The van der Waals surface area contributed by atoms with Crippen LogP contribution in [0.15, 0.2) is 18.2 Å². The smallest absolute Gasteiger partial charge is 0.230 e. The third kappa shape index (κ3) is 3.71. The van der Waals surface area contributed by atoms with Gasteiger partial charge in [0.1, 0.15) is 5.82 Å². The first kappa shape index (κ1) is 16.6. The molecule has 1 saturated heterocycles. The number of halogens is 2. The van der Waals surface area contributed by atoms with E-state index in [-0.39, 0.29) is 18.0 Å². The number of benzene rings is 1. The number of amides is 1. The highest BCUT2D eigenvalue weighted by atomic mass is 35.5. The molecule has 0 spiro atoms. The number of nitrogens with one attached hydrogen (secondary N) is 1. The molecule has 3 nitrogen and oxygen atoms in total. The highest BCUT2D eigenvalue weighted by Gasteiger charge is 2.36. The van der Waals surface area contributed by atoms with Crippen molar-refractivity contribution in [3.8, 4) is 0 Å². The Labute approximate surface area is 133 Å². The summed E-state index contributed by atoms with van der Waals surface area (Å²) in [5, 5.41) is 13.3. The zero-order valence-corrected chi connectivity index (χ0v) is 13.7. The van der Waals surface area contributed by atoms with E-state index in [4.69, 9.17) is 11.6 Å². The fraction of sp³-hybridized carbons (Fsp3) is 0.533. The average Bonchev–Trinajstić information content (AvgIpc) is 2.83. The number of rotatable bonds is 4. The number of hydrogen-bond acceptors (Lipinski definition) is 3. The van der Waals surface area contributed by atoms with Crippen molar-refractivity contribution in [2.24, 2.45) is 0 Å². The van der Waals surface area contributed by atoms with Gasteiger partial charge in [0.2, 0.25) is 5.91 Å². The largest absolute Gasteiger partial charge is 0.387 e. The predicted octanol–water partition coefficient (Wildman–Crippen LogP) is 2.74. The van der Waals surface area contributed by atoms with E-state index in [2.05, 4.69) is 5.32 Å². The zero-order valence-electron chi connectivity index (χ0n) is 12.1. The van der Waals surface area contributed by atoms with Crippen LogP contribution in [0.5, 0.6) is 0 Å². The molecule has 1 amide bonds. The summed E-state index contributed by atoms with van der Waals surface area (Å²) in [6.45, 7) is 3.50. The van der Waals surface area contributed by atoms with Gasteiger partial charge in [0, 0.05) is 22.9 Å². The van der Waals surface area contributed by atoms with E-state index >= 15 is 0 Å². The molecule has 0 bridgehead atoms. The van der Waals surface area contributed by atoms with Gasteiger partial charge in [0.05, 0.1) is 11.0 Å². The third-order valence-corrected chi connectivity index (χ3v) is 5.30. The van der Waals surface area contributed by atoms with Gasteiger partial charge in [-0.2, -0.15) is 11.8 Å². The lowest BCUT2D eigenvalue weighted by Gasteiger charge is -2.28. The van der Waals surface area contributed by atoms with Crippen molar-refractivity contribution in [2.75, 3.05) is 18.1 Å². The molecule has 1 heterocycles. The van der Waals surface area contributed by atoms with Crippen LogP contribution in [0.2, 0.25) is 5.02 Å². The number of carbonyl (C=O) groups is 1. The summed E-state index contributed by atoms with van der Waals surface area (Å²) in [6, 6.07) is 4.29. The summed E-state index contributed by atoms with van der Waals surface area (Å²) in [4.78, 5) is 12.4. The molecule has 1 atom stereocenters. The third-order valence-electron chi connectivity index (χ3n) is 3.83. The molecule has 1 aromatic carbocycles. The monoisotopic (exact) mass is 331 g/mol.